The summed E-state index contributed by atoms with van der Waals surface area (Å²) in [4.78, 5) is 13.3. The van der Waals surface area contributed by atoms with Gasteiger partial charge in [-0.25, -0.2) is 19.5 Å². The van der Waals surface area contributed by atoms with Gasteiger partial charge in [0.2, 0.25) is 5.95 Å². The number of hydrogen-bond donors (Lipinski definition) is 1. The number of pyridine rings is 2. The van der Waals surface area contributed by atoms with Crippen LogP contribution in [-0.2, 0) is 4.74 Å². The highest BCUT2D eigenvalue weighted by Gasteiger charge is 2.21. The fraction of sp³-hybridized carbons (Fsp3) is 0.333. The Kier molecular flexibility index (Phi) is 4.37. The molecule has 0 amide bonds. The number of anilines is 1. The van der Waals surface area contributed by atoms with Crippen LogP contribution >= 0.6 is 0 Å². The fourth-order valence-corrected chi connectivity index (χ4v) is 3.95. The molecule has 1 N–H and O–H groups in total. The summed E-state index contributed by atoms with van der Waals surface area (Å²) in [5.74, 6) is 0.663. The van der Waals surface area contributed by atoms with Gasteiger partial charge in [0.25, 0.3) is 0 Å². The number of ether oxygens (including phenoxy) is 1. The summed E-state index contributed by atoms with van der Waals surface area (Å²) in [6, 6.07) is 8.50. The molecule has 28 heavy (non-hydrogen) atoms. The first kappa shape index (κ1) is 17.1. The first-order chi connectivity index (χ1) is 13.8. The maximum atomic E-state index is 5.45. The van der Waals surface area contributed by atoms with Crippen LogP contribution in [0.15, 0.2) is 49.1 Å². The quantitative estimate of drug-likeness (QED) is 0.587. The molecule has 0 spiro atoms. The van der Waals surface area contributed by atoms with Crippen LogP contribution in [-0.4, -0.2) is 43.8 Å². The van der Waals surface area contributed by atoms with Gasteiger partial charge in [0, 0.05) is 48.3 Å². The highest BCUT2D eigenvalue weighted by molar-refractivity contribution is 5.86. The average Bonchev–Trinajstić information content (AvgIpc) is 3.17. The Morgan fingerprint density at radius 2 is 1.96 bits per heavy atom. The van der Waals surface area contributed by atoms with E-state index in [1.54, 1.807) is 13.3 Å². The summed E-state index contributed by atoms with van der Waals surface area (Å²) >= 11 is 0. The van der Waals surface area contributed by atoms with Crippen LogP contribution in [0.4, 0.5) is 5.95 Å². The van der Waals surface area contributed by atoms with E-state index in [1.807, 2.05) is 35.2 Å². The molecule has 0 atom stereocenters. The van der Waals surface area contributed by atoms with Crippen molar-refractivity contribution in [2.75, 3.05) is 12.4 Å². The molecule has 4 heterocycles. The molecule has 0 saturated heterocycles. The smallest absolute Gasteiger partial charge is 0.241 e. The largest absolute Gasteiger partial charge is 0.381 e. The fourth-order valence-electron chi connectivity index (χ4n) is 3.95. The van der Waals surface area contributed by atoms with Crippen LogP contribution in [0, 0.1) is 0 Å². The lowest BCUT2D eigenvalue weighted by Crippen LogP contribution is -2.30. The van der Waals surface area contributed by atoms with Crippen LogP contribution in [0.1, 0.15) is 25.7 Å². The van der Waals surface area contributed by atoms with E-state index in [4.69, 9.17) is 4.74 Å². The van der Waals surface area contributed by atoms with E-state index in [0.717, 1.165) is 53.4 Å². The summed E-state index contributed by atoms with van der Waals surface area (Å²) in [5.41, 5.74) is 3.80. The molecule has 4 aromatic heterocycles. The Hall–Kier alpha value is -3.06. The molecule has 1 saturated carbocycles. The lowest BCUT2D eigenvalue weighted by molar-refractivity contribution is 0.0681. The summed E-state index contributed by atoms with van der Waals surface area (Å²) in [5, 5.41) is 9.14. The molecule has 0 radical (unpaired) electrons. The van der Waals surface area contributed by atoms with Gasteiger partial charge in [-0.1, -0.05) is 0 Å². The van der Waals surface area contributed by atoms with E-state index < -0.39 is 0 Å². The second kappa shape index (κ2) is 7.16. The molecule has 0 unspecified atom stereocenters. The third-order valence-corrected chi connectivity index (χ3v) is 5.52. The first-order valence-electron chi connectivity index (χ1n) is 9.65. The van der Waals surface area contributed by atoms with Crippen molar-refractivity contribution in [3.05, 3.63) is 49.1 Å². The lowest BCUT2D eigenvalue weighted by Gasteiger charge is -2.28. The van der Waals surface area contributed by atoms with E-state index in [0.29, 0.717) is 18.1 Å². The van der Waals surface area contributed by atoms with Crippen molar-refractivity contribution in [2.24, 2.45) is 0 Å². The van der Waals surface area contributed by atoms with Gasteiger partial charge in [-0.2, -0.15) is 0 Å². The molecular formula is C21H22N6O. The molecule has 0 bridgehead atoms. The van der Waals surface area contributed by atoms with Crippen molar-refractivity contribution < 1.29 is 4.74 Å². The predicted molar refractivity (Wildman–Crippen MR) is 108 cm³/mol. The number of nitrogens with zero attached hydrogens (tertiary/aromatic N) is 5. The second-order valence-electron chi connectivity index (χ2n) is 7.27. The zero-order chi connectivity index (χ0) is 18.9. The lowest BCUT2D eigenvalue weighted by atomic mass is 9.93. The van der Waals surface area contributed by atoms with Gasteiger partial charge in [0.05, 0.1) is 17.8 Å². The Morgan fingerprint density at radius 1 is 1.07 bits per heavy atom. The average molecular weight is 374 g/mol. The van der Waals surface area contributed by atoms with Crippen molar-refractivity contribution in [1.29, 1.82) is 0 Å². The Morgan fingerprint density at radius 3 is 2.82 bits per heavy atom. The minimum Gasteiger partial charge on any atom is -0.381 e. The molecule has 5 rings (SSSR count). The number of nitrogens with one attached hydrogen (secondary N) is 1. The molecule has 7 nitrogen and oxygen atoms in total. The molecule has 1 aliphatic rings. The number of rotatable bonds is 4. The minimum absolute atomic E-state index is 0.388. The van der Waals surface area contributed by atoms with E-state index in [2.05, 4.69) is 37.5 Å². The van der Waals surface area contributed by atoms with E-state index >= 15 is 0 Å². The van der Waals surface area contributed by atoms with Gasteiger partial charge in [-0.15, -0.1) is 5.10 Å². The topological polar surface area (TPSA) is 77.2 Å². The van der Waals surface area contributed by atoms with Crippen LogP contribution in [0.3, 0.4) is 0 Å². The van der Waals surface area contributed by atoms with Crippen molar-refractivity contribution in [3.63, 3.8) is 0 Å². The highest BCUT2D eigenvalue weighted by Crippen LogP contribution is 2.27. The maximum absolute atomic E-state index is 5.45. The van der Waals surface area contributed by atoms with E-state index in [1.165, 1.54) is 0 Å². The van der Waals surface area contributed by atoms with Crippen molar-refractivity contribution in [2.45, 2.75) is 37.8 Å². The normalized spacial score (nSPS) is 19.9. The zero-order valence-electron chi connectivity index (χ0n) is 15.7. The van der Waals surface area contributed by atoms with Crippen LogP contribution in [0.2, 0.25) is 0 Å². The van der Waals surface area contributed by atoms with Crippen LogP contribution in [0.5, 0.6) is 0 Å². The summed E-state index contributed by atoms with van der Waals surface area (Å²) < 4.78 is 7.32. The number of hydrogen-bond acceptors (Lipinski definition) is 6. The van der Waals surface area contributed by atoms with Crippen LogP contribution < -0.4 is 5.32 Å². The van der Waals surface area contributed by atoms with Crippen molar-refractivity contribution in [3.8, 4) is 11.1 Å². The second-order valence-corrected chi connectivity index (χ2v) is 7.27. The SMILES string of the molecule is CO[C@H]1CC[C@@H](Nc2ncc3c(-c4cnc5ncccc5c4)ccn3n2)CC1. The maximum Gasteiger partial charge on any atom is 0.241 e. The molecular weight excluding hydrogens is 352 g/mol. The molecule has 0 aromatic carbocycles. The third kappa shape index (κ3) is 3.18. The van der Waals surface area contributed by atoms with Crippen LogP contribution in [0.25, 0.3) is 27.7 Å². The van der Waals surface area contributed by atoms with Gasteiger partial charge in [0.15, 0.2) is 5.65 Å². The third-order valence-electron chi connectivity index (χ3n) is 5.52. The first-order valence-corrected chi connectivity index (χ1v) is 9.65. The van der Waals surface area contributed by atoms with E-state index in [9.17, 15) is 0 Å². The molecule has 7 heteroatoms. The predicted octanol–water partition coefficient (Wildman–Crippen LogP) is 3.71. The Labute approximate surface area is 162 Å². The molecule has 1 aliphatic carbocycles. The van der Waals surface area contributed by atoms with Crippen molar-refractivity contribution in [1.82, 2.24) is 24.6 Å². The van der Waals surface area contributed by atoms with Gasteiger partial charge in [0.1, 0.15) is 0 Å². The number of aromatic nitrogens is 5. The summed E-state index contributed by atoms with van der Waals surface area (Å²) in [7, 11) is 1.79. The van der Waals surface area contributed by atoms with E-state index in [-0.39, 0.29) is 0 Å². The Bertz CT molecular complexity index is 1120. The van der Waals surface area contributed by atoms with Crippen molar-refractivity contribution >= 4 is 22.5 Å². The molecule has 4 aromatic rings. The number of methoxy groups -OCH3 is 1. The highest BCUT2D eigenvalue weighted by atomic mass is 16.5. The molecule has 1 fully saturated rings. The monoisotopic (exact) mass is 374 g/mol. The van der Waals surface area contributed by atoms with Gasteiger partial charge >= 0.3 is 0 Å². The number of fused-ring (bicyclic) bond motifs is 2. The van der Waals surface area contributed by atoms with Gasteiger partial charge < -0.3 is 10.1 Å². The summed E-state index contributed by atoms with van der Waals surface area (Å²) in [6.07, 6.45) is 12.1. The standard InChI is InChI=1S/C21H22N6O/c1-28-17-6-4-16(5-7-17)25-21-24-13-19-18(8-10-27(19)26-21)15-11-14-3-2-9-22-20(14)23-12-15/h2-3,8-13,16-17H,4-7H2,1H3,(H,25,26)/t16-,17+. The van der Waals surface area contributed by atoms with Gasteiger partial charge in [-0.3, -0.25) is 0 Å². The molecule has 0 aliphatic heterocycles. The van der Waals surface area contributed by atoms with Gasteiger partial charge in [-0.05, 0) is 49.9 Å². The zero-order valence-corrected chi connectivity index (χ0v) is 15.7. The summed E-state index contributed by atoms with van der Waals surface area (Å²) in [6.45, 7) is 0. The minimum atomic E-state index is 0.388. The molecule has 142 valence electrons. The Balaban J connectivity index is 1.40.